The van der Waals surface area contributed by atoms with E-state index >= 15 is 0 Å². The summed E-state index contributed by atoms with van der Waals surface area (Å²) in [7, 11) is 4.05. The molecule has 1 heterocycles. The lowest BCUT2D eigenvalue weighted by atomic mass is 10.2. The van der Waals surface area contributed by atoms with Crippen molar-refractivity contribution in [3.8, 4) is 0 Å². The lowest BCUT2D eigenvalue weighted by Gasteiger charge is -2.03. The minimum absolute atomic E-state index is 0.782. The van der Waals surface area contributed by atoms with E-state index in [1.165, 1.54) is 6.42 Å². The van der Waals surface area contributed by atoms with Gasteiger partial charge in [0.15, 0.2) is 0 Å². The highest BCUT2D eigenvalue weighted by molar-refractivity contribution is 8.79. The summed E-state index contributed by atoms with van der Waals surface area (Å²) in [4.78, 5) is 1.67. The number of allylic oxidation sites excluding steroid dienone is 1. The van der Waals surface area contributed by atoms with E-state index in [-0.39, 0.29) is 0 Å². The van der Waals surface area contributed by atoms with Gasteiger partial charge in [0.05, 0.1) is 0 Å². The second kappa shape index (κ2) is 1.96. The molecule has 1 fully saturated rings. The Morgan fingerprint density at radius 3 is 2.56 bits per heavy atom. The number of hydrogen-bond donors (Lipinski definition) is 0. The van der Waals surface area contributed by atoms with E-state index in [4.69, 9.17) is 0 Å². The molecule has 1 aliphatic carbocycles. The van der Waals surface area contributed by atoms with Crippen molar-refractivity contribution < 1.29 is 0 Å². The summed E-state index contributed by atoms with van der Waals surface area (Å²) in [6.45, 7) is 4.58. The standard InChI is InChI=1S/C7H10S2/c1-4(2)7-5-3-6(5)8-9-7/h4,6H,3H2,1-2H3. The van der Waals surface area contributed by atoms with Gasteiger partial charge in [0.2, 0.25) is 0 Å². The zero-order chi connectivity index (χ0) is 6.43. The summed E-state index contributed by atoms with van der Waals surface area (Å²) in [6.07, 6.45) is 1.39. The largest absolute Gasteiger partial charge is 0.0810 e. The second-order valence-corrected chi connectivity index (χ2v) is 5.36. The van der Waals surface area contributed by atoms with Crippen molar-refractivity contribution in [2.45, 2.75) is 25.5 Å². The molecule has 0 nitrogen and oxygen atoms in total. The first-order valence-electron chi connectivity index (χ1n) is 3.35. The van der Waals surface area contributed by atoms with E-state index < -0.39 is 0 Å². The van der Waals surface area contributed by atoms with Gasteiger partial charge < -0.3 is 0 Å². The highest BCUT2D eigenvalue weighted by atomic mass is 33.1. The molecule has 0 N–H and O–H groups in total. The molecule has 9 heavy (non-hydrogen) atoms. The molecule has 0 bridgehead atoms. The summed E-state index contributed by atoms with van der Waals surface area (Å²) in [5.74, 6) is 0.782. The van der Waals surface area contributed by atoms with Crippen molar-refractivity contribution in [2.24, 2.45) is 5.92 Å². The first kappa shape index (κ1) is 6.17. The van der Waals surface area contributed by atoms with Crippen LogP contribution in [0.15, 0.2) is 10.5 Å². The number of hydrogen-bond acceptors (Lipinski definition) is 2. The Labute approximate surface area is 63.9 Å². The molecule has 1 aliphatic heterocycles. The summed E-state index contributed by atoms with van der Waals surface area (Å²) >= 11 is 0. The molecular weight excluding hydrogens is 148 g/mol. The third-order valence-electron chi connectivity index (χ3n) is 1.73. The van der Waals surface area contributed by atoms with Crippen molar-refractivity contribution in [2.75, 3.05) is 0 Å². The van der Waals surface area contributed by atoms with Gasteiger partial charge in [-0.25, -0.2) is 0 Å². The van der Waals surface area contributed by atoms with Gasteiger partial charge >= 0.3 is 0 Å². The summed E-state index contributed by atoms with van der Waals surface area (Å²) < 4.78 is 0. The van der Waals surface area contributed by atoms with E-state index in [0.717, 1.165) is 11.2 Å². The maximum atomic E-state index is 2.29. The summed E-state index contributed by atoms with van der Waals surface area (Å²) in [6, 6.07) is 0. The molecule has 0 aromatic rings. The minimum Gasteiger partial charge on any atom is -0.0810 e. The van der Waals surface area contributed by atoms with Gasteiger partial charge in [0.1, 0.15) is 0 Å². The predicted molar refractivity (Wildman–Crippen MR) is 45.5 cm³/mol. The average molecular weight is 158 g/mol. The van der Waals surface area contributed by atoms with E-state index in [9.17, 15) is 0 Å². The summed E-state index contributed by atoms with van der Waals surface area (Å²) in [5, 5.41) is 0.937. The summed E-state index contributed by atoms with van der Waals surface area (Å²) in [5.41, 5.74) is 1.75. The van der Waals surface area contributed by atoms with Crippen molar-refractivity contribution in [3.05, 3.63) is 10.5 Å². The topological polar surface area (TPSA) is 0 Å². The molecule has 50 valence electrons. The molecule has 2 rings (SSSR count). The van der Waals surface area contributed by atoms with E-state index in [1.54, 1.807) is 10.5 Å². The zero-order valence-corrected chi connectivity index (χ0v) is 7.31. The Morgan fingerprint density at radius 1 is 1.56 bits per heavy atom. The Bertz CT molecular complexity index is 170. The molecular formula is C7H10S2. The van der Waals surface area contributed by atoms with Gasteiger partial charge in [-0.3, -0.25) is 0 Å². The van der Waals surface area contributed by atoms with Crippen LogP contribution in [0.3, 0.4) is 0 Å². The first-order chi connectivity index (χ1) is 4.29. The van der Waals surface area contributed by atoms with Crippen LogP contribution >= 0.6 is 21.6 Å². The molecule has 1 unspecified atom stereocenters. The van der Waals surface area contributed by atoms with Crippen LogP contribution in [0.25, 0.3) is 0 Å². The van der Waals surface area contributed by atoms with Gasteiger partial charge in [-0.1, -0.05) is 35.4 Å². The minimum atomic E-state index is 0.782. The van der Waals surface area contributed by atoms with Gasteiger partial charge in [-0.15, -0.1) is 0 Å². The lowest BCUT2D eigenvalue weighted by molar-refractivity contribution is 0.815. The SMILES string of the molecule is CC(C)C1=C2CC2SS1. The monoisotopic (exact) mass is 158 g/mol. The van der Waals surface area contributed by atoms with Crippen molar-refractivity contribution in [3.63, 3.8) is 0 Å². The maximum Gasteiger partial charge on any atom is 0.0413 e. The molecule has 1 atom stereocenters. The molecule has 2 heteroatoms. The second-order valence-electron chi connectivity index (χ2n) is 2.92. The van der Waals surface area contributed by atoms with E-state index in [1.807, 2.05) is 10.8 Å². The molecule has 0 saturated heterocycles. The smallest absolute Gasteiger partial charge is 0.0413 e. The first-order valence-corrected chi connectivity index (χ1v) is 5.56. The molecule has 0 aromatic carbocycles. The maximum absolute atomic E-state index is 2.29. The predicted octanol–water partition coefficient (Wildman–Crippen LogP) is 3.06. The quantitative estimate of drug-likeness (QED) is 0.538. The molecule has 0 aromatic heterocycles. The highest BCUT2D eigenvalue weighted by Gasteiger charge is 2.40. The molecule has 0 amide bonds. The third kappa shape index (κ3) is 0.926. The van der Waals surface area contributed by atoms with Crippen LogP contribution in [0, 0.1) is 5.92 Å². The van der Waals surface area contributed by atoms with Crippen LogP contribution in [0.4, 0.5) is 0 Å². The average Bonchev–Trinajstić information content (AvgIpc) is 2.43. The lowest BCUT2D eigenvalue weighted by Crippen LogP contribution is -1.85. The van der Waals surface area contributed by atoms with Crippen molar-refractivity contribution in [1.29, 1.82) is 0 Å². The van der Waals surface area contributed by atoms with Gasteiger partial charge in [-0.05, 0) is 22.8 Å². The van der Waals surface area contributed by atoms with E-state index in [0.29, 0.717) is 0 Å². The van der Waals surface area contributed by atoms with Crippen LogP contribution in [0.2, 0.25) is 0 Å². The van der Waals surface area contributed by atoms with Crippen LogP contribution in [0.5, 0.6) is 0 Å². The molecule has 0 spiro atoms. The van der Waals surface area contributed by atoms with Gasteiger partial charge in [0, 0.05) is 5.25 Å². The normalized spacial score (nSPS) is 31.7. The Balaban J connectivity index is 2.20. The van der Waals surface area contributed by atoms with Gasteiger partial charge in [0.25, 0.3) is 0 Å². The van der Waals surface area contributed by atoms with Crippen LogP contribution in [-0.4, -0.2) is 5.25 Å². The fourth-order valence-corrected chi connectivity index (χ4v) is 4.54. The van der Waals surface area contributed by atoms with Crippen LogP contribution in [-0.2, 0) is 0 Å². The fraction of sp³-hybridized carbons (Fsp3) is 0.714. The molecule has 2 aliphatic rings. The molecule has 1 saturated carbocycles. The zero-order valence-electron chi connectivity index (χ0n) is 5.68. The fourth-order valence-electron chi connectivity index (χ4n) is 1.12. The van der Waals surface area contributed by atoms with Crippen molar-refractivity contribution >= 4 is 21.6 Å². The third-order valence-corrected chi connectivity index (χ3v) is 4.95. The Morgan fingerprint density at radius 2 is 2.33 bits per heavy atom. The van der Waals surface area contributed by atoms with Crippen LogP contribution < -0.4 is 0 Å². The van der Waals surface area contributed by atoms with Crippen LogP contribution in [0.1, 0.15) is 20.3 Å². The number of fused-ring (bicyclic) bond motifs is 1. The Hall–Kier alpha value is 0.440. The highest BCUT2D eigenvalue weighted by Crippen LogP contribution is 2.61. The molecule has 0 radical (unpaired) electrons. The number of rotatable bonds is 1. The Kier molecular flexibility index (Phi) is 1.34. The van der Waals surface area contributed by atoms with Crippen molar-refractivity contribution in [1.82, 2.24) is 0 Å². The van der Waals surface area contributed by atoms with E-state index in [2.05, 4.69) is 24.6 Å². The van der Waals surface area contributed by atoms with Gasteiger partial charge in [-0.2, -0.15) is 0 Å².